The van der Waals surface area contributed by atoms with Gasteiger partial charge in [0, 0.05) is 24.7 Å². The Bertz CT molecular complexity index is 420. The van der Waals surface area contributed by atoms with Gasteiger partial charge in [0.1, 0.15) is 0 Å². The molecule has 0 amide bonds. The maximum atomic E-state index is 8.75. The largest absolute Gasteiger partial charge is 0.410 e. The van der Waals surface area contributed by atoms with E-state index in [1.807, 2.05) is 6.07 Å². The first-order valence-corrected chi connectivity index (χ1v) is 6.73. The first kappa shape index (κ1) is 16.2. The molecule has 0 aliphatic carbocycles. The van der Waals surface area contributed by atoms with Crippen LogP contribution in [0.1, 0.15) is 30.5 Å². The highest BCUT2D eigenvalue weighted by atomic mass is 35.5. The summed E-state index contributed by atoms with van der Waals surface area (Å²) in [5.41, 5.74) is 1.62. The number of hydrogen-bond acceptors (Lipinski definition) is 4. The maximum Gasteiger partial charge on any atom is 0.177 e. The minimum absolute atomic E-state index is 0. The van der Waals surface area contributed by atoms with Crippen LogP contribution in [0.2, 0.25) is 0 Å². The van der Waals surface area contributed by atoms with Crippen molar-refractivity contribution in [2.45, 2.75) is 25.7 Å². The molecular weight excluding hydrogens is 285 g/mol. The molecule has 1 fully saturated rings. The van der Waals surface area contributed by atoms with Gasteiger partial charge in [-0.3, -0.25) is 4.98 Å². The van der Waals surface area contributed by atoms with Gasteiger partial charge >= 0.3 is 0 Å². The van der Waals surface area contributed by atoms with Gasteiger partial charge in [0.2, 0.25) is 0 Å². The van der Waals surface area contributed by atoms with Crippen molar-refractivity contribution in [2.75, 3.05) is 19.6 Å². The Morgan fingerprint density at radius 1 is 1.37 bits per heavy atom. The van der Waals surface area contributed by atoms with Crippen LogP contribution in [0.4, 0.5) is 0 Å². The Kier molecular flexibility index (Phi) is 7.13. The lowest BCUT2D eigenvalue weighted by molar-refractivity contribution is 0.231. The van der Waals surface area contributed by atoms with E-state index >= 15 is 0 Å². The summed E-state index contributed by atoms with van der Waals surface area (Å²) in [5.74, 6) is 0. The average molecular weight is 304 g/mol. The number of halogens is 2. The van der Waals surface area contributed by atoms with Gasteiger partial charge in [-0.15, -0.1) is 12.4 Å². The molecule has 1 N–H and O–H groups in total. The smallest absolute Gasteiger partial charge is 0.177 e. The van der Waals surface area contributed by atoms with Gasteiger partial charge in [0.05, 0.1) is 5.69 Å². The molecule has 0 radical (unpaired) electrons. The molecule has 1 aliphatic rings. The number of piperidine rings is 1. The van der Waals surface area contributed by atoms with Gasteiger partial charge in [0.15, 0.2) is 5.17 Å². The van der Waals surface area contributed by atoms with E-state index in [0.717, 1.165) is 24.2 Å². The highest BCUT2D eigenvalue weighted by Crippen LogP contribution is 2.13. The molecule has 1 aliphatic heterocycles. The summed E-state index contributed by atoms with van der Waals surface area (Å²) in [7, 11) is 0. The van der Waals surface area contributed by atoms with Crippen LogP contribution in [-0.2, 0) is 6.42 Å². The number of rotatable bonds is 4. The first-order valence-electron chi connectivity index (χ1n) is 6.35. The molecule has 1 aromatic heterocycles. The fourth-order valence-electron chi connectivity index (χ4n) is 2.33. The minimum atomic E-state index is 0. The molecule has 6 heteroatoms. The number of aromatic nitrogens is 1. The third-order valence-electron chi connectivity index (χ3n) is 3.31. The number of nitrogens with zero attached hydrogens (tertiary/aromatic N) is 3. The highest BCUT2D eigenvalue weighted by molar-refractivity contribution is 6.69. The van der Waals surface area contributed by atoms with Gasteiger partial charge in [-0.1, -0.05) is 23.2 Å². The van der Waals surface area contributed by atoms with E-state index in [0.29, 0.717) is 0 Å². The summed E-state index contributed by atoms with van der Waals surface area (Å²) in [6.45, 7) is 3.33. The van der Waals surface area contributed by atoms with Crippen molar-refractivity contribution < 1.29 is 5.21 Å². The maximum absolute atomic E-state index is 8.75. The monoisotopic (exact) mass is 303 g/mol. The Morgan fingerprint density at radius 3 is 2.79 bits per heavy atom. The second kappa shape index (κ2) is 8.35. The molecule has 1 aromatic rings. The molecule has 0 spiro atoms. The van der Waals surface area contributed by atoms with Crippen LogP contribution in [0, 0.1) is 0 Å². The van der Waals surface area contributed by atoms with E-state index in [-0.39, 0.29) is 17.6 Å². The lowest BCUT2D eigenvalue weighted by Crippen LogP contribution is -2.31. The standard InChI is InChI=1S/C13H18ClN3O.ClH/c14-13(16-18)11-5-4-7-15-12(11)6-10-17-8-2-1-3-9-17;/h4-5,7,18H,1-3,6,8-10H2;1H. The van der Waals surface area contributed by atoms with Crippen molar-refractivity contribution >= 4 is 29.2 Å². The lowest BCUT2D eigenvalue weighted by atomic mass is 10.1. The van der Waals surface area contributed by atoms with Gasteiger partial charge in [0.25, 0.3) is 0 Å². The first-order chi connectivity index (χ1) is 8.81. The highest BCUT2D eigenvalue weighted by Gasteiger charge is 2.13. The lowest BCUT2D eigenvalue weighted by Gasteiger charge is -2.26. The predicted molar refractivity (Wildman–Crippen MR) is 79.7 cm³/mol. The summed E-state index contributed by atoms with van der Waals surface area (Å²) in [5, 5.41) is 11.9. The molecule has 0 unspecified atom stereocenters. The van der Waals surface area contributed by atoms with Crippen molar-refractivity contribution in [3.63, 3.8) is 0 Å². The van der Waals surface area contributed by atoms with Crippen molar-refractivity contribution in [1.29, 1.82) is 0 Å². The molecule has 0 aromatic carbocycles. The van der Waals surface area contributed by atoms with Crippen molar-refractivity contribution in [1.82, 2.24) is 9.88 Å². The molecule has 106 valence electrons. The van der Waals surface area contributed by atoms with Gasteiger partial charge in [-0.05, 0) is 38.1 Å². The van der Waals surface area contributed by atoms with Crippen LogP contribution in [-0.4, -0.2) is 39.9 Å². The van der Waals surface area contributed by atoms with Crippen LogP contribution in [0.25, 0.3) is 0 Å². The average Bonchev–Trinajstić information content (AvgIpc) is 2.45. The summed E-state index contributed by atoms with van der Waals surface area (Å²) in [6.07, 6.45) is 6.49. The Labute approximate surface area is 124 Å². The van der Waals surface area contributed by atoms with Crippen molar-refractivity contribution in [3.05, 3.63) is 29.6 Å². The Hall–Kier alpha value is -0.840. The van der Waals surface area contributed by atoms with Crippen LogP contribution < -0.4 is 0 Å². The topological polar surface area (TPSA) is 48.7 Å². The van der Waals surface area contributed by atoms with Crippen molar-refractivity contribution in [2.24, 2.45) is 5.16 Å². The Balaban J connectivity index is 0.00000180. The van der Waals surface area contributed by atoms with E-state index in [1.165, 1.54) is 32.4 Å². The van der Waals surface area contributed by atoms with Crippen LogP contribution >= 0.6 is 24.0 Å². The van der Waals surface area contributed by atoms with Gasteiger partial charge in [-0.25, -0.2) is 0 Å². The van der Waals surface area contributed by atoms with Crippen molar-refractivity contribution in [3.8, 4) is 0 Å². The fourth-order valence-corrected chi connectivity index (χ4v) is 2.50. The molecule has 0 saturated carbocycles. The normalized spacial score (nSPS) is 17.0. The third-order valence-corrected chi connectivity index (χ3v) is 3.59. The zero-order chi connectivity index (χ0) is 12.8. The summed E-state index contributed by atoms with van der Waals surface area (Å²) in [4.78, 5) is 6.78. The van der Waals surface area contributed by atoms with Crippen LogP contribution in [0.3, 0.4) is 0 Å². The summed E-state index contributed by atoms with van der Waals surface area (Å²) >= 11 is 5.86. The molecular formula is C13H19Cl2N3O. The van der Waals surface area contributed by atoms with E-state index in [4.69, 9.17) is 16.8 Å². The van der Waals surface area contributed by atoms with Gasteiger partial charge in [-0.2, -0.15) is 0 Å². The zero-order valence-corrected chi connectivity index (χ0v) is 12.3. The molecule has 2 rings (SSSR count). The molecule has 0 bridgehead atoms. The summed E-state index contributed by atoms with van der Waals surface area (Å²) in [6, 6.07) is 3.63. The fraction of sp³-hybridized carbons (Fsp3) is 0.538. The number of oxime groups is 1. The Morgan fingerprint density at radius 2 is 2.11 bits per heavy atom. The van der Waals surface area contributed by atoms with Crippen LogP contribution in [0.15, 0.2) is 23.5 Å². The van der Waals surface area contributed by atoms with Gasteiger partial charge < -0.3 is 10.1 Å². The van der Waals surface area contributed by atoms with E-state index in [1.54, 1.807) is 12.3 Å². The minimum Gasteiger partial charge on any atom is -0.410 e. The predicted octanol–water partition coefficient (Wildman–Crippen LogP) is 2.91. The quantitative estimate of drug-likeness (QED) is 0.528. The SMILES string of the molecule is Cl.ON=C(Cl)c1cccnc1CCN1CCCCC1. The second-order valence-electron chi connectivity index (χ2n) is 4.54. The summed E-state index contributed by atoms with van der Waals surface area (Å²) < 4.78 is 0. The molecule has 0 atom stereocenters. The zero-order valence-electron chi connectivity index (χ0n) is 10.8. The molecule has 19 heavy (non-hydrogen) atoms. The molecule has 2 heterocycles. The van der Waals surface area contributed by atoms with Crippen LogP contribution in [0.5, 0.6) is 0 Å². The number of pyridine rings is 1. The second-order valence-corrected chi connectivity index (χ2v) is 4.90. The number of hydrogen-bond donors (Lipinski definition) is 1. The molecule has 4 nitrogen and oxygen atoms in total. The molecule has 1 saturated heterocycles. The third kappa shape index (κ3) is 4.64. The van der Waals surface area contributed by atoms with E-state index in [2.05, 4.69) is 15.0 Å². The van der Waals surface area contributed by atoms with E-state index < -0.39 is 0 Å². The van der Waals surface area contributed by atoms with E-state index in [9.17, 15) is 0 Å². The number of likely N-dealkylation sites (tertiary alicyclic amines) is 1.